The van der Waals surface area contributed by atoms with Gasteiger partial charge in [-0.15, -0.1) is 0 Å². The Kier molecular flexibility index (Phi) is 5.23. The number of rotatable bonds is 5. The summed E-state index contributed by atoms with van der Waals surface area (Å²) in [5.41, 5.74) is 3.69. The van der Waals surface area contributed by atoms with E-state index in [4.69, 9.17) is 18.6 Å². The number of benzene rings is 2. The van der Waals surface area contributed by atoms with Crippen LogP contribution in [-0.4, -0.2) is 31.1 Å². The van der Waals surface area contributed by atoms with Crippen molar-refractivity contribution in [3.05, 3.63) is 82.0 Å². The van der Waals surface area contributed by atoms with Crippen LogP contribution >= 0.6 is 0 Å². The Balaban J connectivity index is 1.33. The van der Waals surface area contributed by atoms with Crippen LogP contribution in [0.2, 0.25) is 0 Å². The molecule has 0 atom stereocenters. The lowest BCUT2D eigenvalue weighted by Crippen LogP contribution is -2.34. The molecule has 0 radical (unpaired) electrons. The van der Waals surface area contributed by atoms with Crippen molar-refractivity contribution in [3.63, 3.8) is 0 Å². The number of hydrogen-bond acceptors (Lipinski definition) is 6. The van der Waals surface area contributed by atoms with Gasteiger partial charge in [0.15, 0.2) is 5.76 Å². The number of Topliss-reactive ketones (excluding diaryl/α,β-unsaturated/α-hetero) is 1. The van der Waals surface area contributed by atoms with Crippen molar-refractivity contribution in [2.45, 2.75) is 26.8 Å². The van der Waals surface area contributed by atoms with Gasteiger partial charge in [-0.1, -0.05) is 12.1 Å². The summed E-state index contributed by atoms with van der Waals surface area (Å²) >= 11 is 0. The number of methoxy groups -OCH3 is 1. The van der Waals surface area contributed by atoms with Gasteiger partial charge in [-0.25, -0.2) is 0 Å². The zero-order valence-corrected chi connectivity index (χ0v) is 18.4. The van der Waals surface area contributed by atoms with Gasteiger partial charge in [0.2, 0.25) is 5.78 Å². The number of ether oxygens (including phenoxy) is 3. The maximum atomic E-state index is 13.0. The number of carbonyl (C=O) groups excluding carboxylic acids is 1. The highest BCUT2D eigenvalue weighted by atomic mass is 16.5. The monoisotopic (exact) mass is 431 g/mol. The van der Waals surface area contributed by atoms with Crippen LogP contribution in [-0.2, 0) is 13.0 Å². The van der Waals surface area contributed by atoms with Crippen molar-refractivity contribution >= 4 is 11.9 Å². The Hall–Kier alpha value is -3.51. The summed E-state index contributed by atoms with van der Waals surface area (Å²) in [4.78, 5) is 15.2. The van der Waals surface area contributed by atoms with Gasteiger partial charge < -0.3 is 18.6 Å². The van der Waals surface area contributed by atoms with Crippen molar-refractivity contribution in [2.75, 3.05) is 20.4 Å². The minimum atomic E-state index is -0.129. The van der Waals surface area contributed by atoms with Crippen LogP contribution in [0.3, 0.4) is 0 Å². The largest absolute Gasteiger partial charge is 0.497 e. The number of ketones is 1. The van der Waals surface area contributed by atoms with Gasteiger partial charge in [0.25, 0.3) is 0 Å². The van der Waals surface area contributed by atoms with E-state index in [2.05, 4.69) is 17.0 Å². The predicted octanol–water partition coefficient (Wildman–Crippen LogP) is 4.92. The highest BCUT2D eigenvalue weighted by molar-refractivity contribution is 6.15. The molecule has 0 bridgehead atoms. The Labute approximate surface area is 187 Å². The van der Waals surface area contributed by atoms with Crippen molar-refractivity contribution in [2.24, 2.45) is 0 Å². The second kappa shape index (κ2) is 8.20. The van der Waals surface area contributed by atoms with E-state index >= 15 is 0 Å². The fourth-order valence-electron chi connectivity index (χ4n) is 4.18. The number of nitrogens with zero attached hydrogens (tertiary/aromatic N) is 1. The third-order valence-corrected chi connectivity index (χ3v) is 5.91. The molecule has 3 heterocycles. The number of aryl methyl sites for hydroxylation is 1. The first-order chi connectivity index (χ1) is 15.5. The molecule has 2 aliphatic rings. The molecular formula is C26H25NO5. The van der Waals surface area contributed by atoms with Gasteiger partial charge in [-0.2, -0.15) is 0 Å². The third-order valence-electron chi connectivity index (χ3n) is 5.91. The topological polar surface area (TPSA) is 61.1 Å². The van der Waals surface area contributed by atoms with E-state index in [0.717, 1.165) is 47.9 Å². The molecule has 2 aromatic carbocycles. The Bertz CT molecular complexity index is 1210. The molecule has 3 aromatic rings. The molecule has 0 fully saturated rings. The summed E-state index contributed by atoms with van der Waals surface area (Å²) in [6, 6.07) is 13.7. The zero-order chi connectivity index (χ0) is 22.2. The van der Waals surface area contributed by atoms with Crippen LogP contribution in [0.5, 0.6) is 17.2 Å². The second-order valence-corrected chi connectivity index (χ2v) is 8.18. The van der Waals surface area contributed by atoms with Crippen LogP contribution in [0.4, 0.5) is 0 Å². The predicted molar refractivity (Wildman–Crippen MR) is 120 cm³/mol. The molecule has 0 unspecified atom stereocenters. The summed E-state index contributed by atoms with van der Waals surface area (Å²) in [5, 5.41) is 0. The average Bonchev–Trinajstić information content (AvgIpc) is 3.36. The maximum Gasteiger partial charge on any atom is 0.232 e. The number of fused-ring (bicyclic) bond motifs is 2. The van der Waals surface area contributed by atoms with Crippen molar-refractivity contribution in [1.82, 2.24) is 4.90 Å². The summed E-state index contributed by atoms with van der Waals surface area (Å²) in [5.74, 6) is 3.78. The molecule has 0 spiro atoms. The fourth-order valence-corrected chi connectivity index (χ4v) is 4.18. The van der Waals surface area contributed by atoms with E-state index in [-0.39, 0.29) is 11.5 Å². The normalized spacial score (nSPS) is 16.5. The third kappa shape index (κ3) is 3.78. The smallest absolute Gasteiger partial charge is 0.232 e. The van der Waals surface area contributed by atoms with E-state index in [1.165, 1.54) is 5.56 Å². The molecule has 164 valence electrons. The molecule has 32 heavy (non-hydrogen) atoms. The van der Waals surface area contributed by atoms with Crippen LogP contribution in [0, 0.1) is 13.8 Å². The van der Waals surface area contributed by atoms with Gasteiger partial charge in [0.1, 0.15) is 35.5 Å². The molecule has 2 aliphatic heterocycles. The Morgan fingerprint density at radius 3 is 2.62 bits per heavy atom. The van der Waals surface area contributed by atoms with E-state index in [0.29, 0.717) is 23.8 Å². The van der Waals surface area contributed by atoms with Gasteiger partial charge in [-0.05, 0) is 56.2 Å². The molecule has 5 rings (SSSR count). The molecule has 1 aromatic heterocycles. The van der Waals surface area contributed by atoms with E-state index in [1.807, 2.05) is 44.2 Å². The van der Waals surface area contributed by atoms with E-state index in [1.54, 1.807) is 13.2 Å². The minimum absolute atomic E-state index is 0.129. The van der Waals surface area contributed by atoms with Crippen molar-refractivity contribution < 1.29 is 23.4 Å². The number of allylic oxidation sites excluding steroid dienone is 1. The molecule has 6 nitrogen and oxygen atoms in total. The highest BCUT2D eigenvalue weighted by Crippen LogP contribution is 2.43. The van der Waals surface area contributed by atoms with Crippen LogP contribution in [0.25, 0.3) is 6.08 Å². The van der Waals surface area contributed by atoms with E-state index in [9.17, 15) is 4.79 Å². The molecule has 0 saturated carbocycles. The SMILES string of the molecule is COc1ccc(CCN2COc3c(cc4c(c3C)O/C(=C\c3ccc(C)o3)C4=O)C2)cc1. The van der Waals surface area contributed by atoms with Crippen LogP contribution in [0.15, 0.2) is 52.6 Å². The van der Waals surface area contributed by atoms with Gasteiger partial charge in [-0.3, -0.25) is 9.69 Å². The minimum Gasteiger partial charge on any atom is -0.497 e. The second-order valence-electron chi connectivity index (χ2n) is 8.18. The first kappa shape index (κ1) is 20.4. The lowest BCUT2D eigenvalue weighted by Gasteiger charge is -2.30. The number of carbonyl (C=O) groups is 1. The van der Waals surface area contributed by atoms with Crippen LogP contribution in [0.1, 0.15) is 38.6 Å². The number of furan rings is 1. The molecule has 0 aliphatic carbocycles. The van der Waals surface area contributed by atoms with Crippen molar-refractivity contribution in [1.29, 1.82) is 0 Å². The van der Waals surface area contributed by atoms with Gasteiger partial charge in [0.05, 0.1) is 12.7 Å². The molecule has 0 saturated heterocycles. The summed E-state index contributed by atoms with van der Waals surface area (Å²) < 4.78 is 22.8. The first-order valence-electron chi connectivity index (χ1n) is 10.7. The van der Waals surface area contributed by atoms with Gasteiger partial charge in [0, 0.05) is 30.3 Å². The van der Waals surface area contributed by atoms with E-state index < -0.39 is 0 Å². The lowest BCUT2D eigenvalue weighted by molar-refractivity contribution is 0.0954. The maximum absolute atomic E-state index is 13.0. The average molecular weight is 431 g/mol. The Morgan fingerprint density at radius 2 is 1.91 bits per heavy atom. The first-order valence-corrected chi connectivity index (χ1v) is 10.7. The van der Waals surface area contributed by atoms with Gasteiger partial charge >= 0.3 is 0 Å². The quantitative estimate of drug-likeness (QED) is 0.535. The van der Waals surface area contributed by atoms with Crippen molar-refractivity contribution in [3.8, 4) is 17.2 Å². The summed E-state index contributed by atoms with van der Waals surface area (Å²) in [7, 11) is 1.67. The molecular weight excluding hydrogens is 406 g/mol. The zero-order valence-electron chi connectivity index (χ0n) is 18.4. The summed E-state index contributed by atoms with van der Waals surface area (Å²) in [6.07, 6.45) is 2.56. The molecule has 0 amide bonds. The molecule has 0 N–H and O–H groups in total. The highest BCUT2D eigenvalue weighted by Gasteiger charge is 2.33. The standard InChI is InChI=1S/C26H25NO5/c1-16-4-7-21(31-16)13-23-24(28)22-12-19-14-27(15-30-25(19)17(2)26(22)32-23)11-10-18-5-8-20(29-3)9-6-18/h4-9,12-13H,10-11,14-15H2,1-3H3/b23-13-. The lowest BCUT2D eigenvalue weighted by atomic mass is 10.00. The van der Waals surface area contributed by atoms with Crippen LogP contribution < -0.4 is 14.2 Å². The number of hydrogen-bond donors (Lipinski definition) is 0. The Morgan fingerprint density at radius 1 is 1.09 bits per heavy atom. The molecule has 6 heteroatoms. The summed E-state index contributed by atoms with van der Waals surface area (Å²) in [6.45, 7) is 5.89. The fraction of sp³-hybridized carbons (Fsp3) is 0.269.